The second-order valence-electron chi connectivity index (χ2n) is 6.92. The normalized spacial score (nSPS) is 11.7. The Balaban J connectivity index is 1.65. The molecular weight excluding hydrogens is 493 g/mol. The van der Waals surface area contributed by atoms with Crippen LogP contribution in [0.5, 0.6) is 11.6 Å². The number of aromatic nitrogens is 1. The average molecular weight is 513 g/mol. The molecule has 2 aromatic carbocycles. The van der Waals surface area contributed by atoms with Crippen molar-refractivity contribution in [3.8, 4) is 11.6 Å². The van der Waals surface area contributed by atoms with Gasteiger partial charge in [0, 0.05) is 27.3 Å². The highest BCUT2D eigenvalue weighted by molar-refractivity contribution is 9.10. The Hall–Kier alpha value is -2.09. The van der Waals surface area contributed by atoms with E-state index in [-0.39, 0.29) is 24.0 Å². The number of fused-ring (bicyclic) bond motifs is 1. The van der Waals surface area contributed by atoms with Gasteiger partial charge in [0.05, 0.1) is 17.1 Å². The molecule has 30 heavy (non-hydrogen) atoms. The number of hydrogen-bond acceptors (Lipinski definition) is 4. The highest BCUT2D eigenvalue weighted by atomic mass is 79.9. The van der Waals surface area contributed by atoms with Gasteiger partial charge >= 0.3 is 0 Å². The summed E-state index contributed by atoms with van der Waals surface area (Å²) in [7, 11) is 0. The van der Waals surface area contributed by atoms with Crippen LogP contribution in [0.25, 0.3) is 10.9 Å². The lowest BCUT2D eigenvalue weighted by Crippen LogP contribution is -2.01. The van der Waals surface area contributed by atoms with Crippen LogP contribution in [-0.2, 0) is 4.79 Å². The third kappa shape index (κ3) is 5.14. The quantitative estimate of drug-likeness (QED) is 0.263. The molecule has 0 aliphatic rings. The molecule has 1 amide bonds. The Morgan fingerprint density at radius 1 is 1.23 bits per heavy atom. The average Bonchev–Trinajstić information content (AvgIpc) is 2.95. The number of rotatable bonds is 7. The molecule has 0 saturated carbocycles. The van der Waals surface area contributed by atoms with E-state index in [0.717, 1.165) is 9.99 Å². The molecule has 0 atom stereocenters. The van der Waals surface area contributed by atoms with Crippen LogP contribution < -0.4 is 4.74 Å². The fourth-order valence-electron chi connectivity index (χ4n) is 3.03. The Kier molecular flexibility index (Phi) is 7.39. The lowest BCUT2D eigenvalue weighted by Gasteiger charge is -2.10. The Morgan fingerprint density at radius 2 is 2.00 bits per heavy atom. The van der Waals surface area contributed by atoms with E-state index in [1.165, 1.54) is 0 Å². The molecule has 0 aliphatic carbocycles. The van der Waals surface area contributed by atoms with Crippen LogP contribution in [0.3, 0.4) is 0 Å². The molecule has 0 saturated heterocycles. The van der Waals surface area contributed by atoms with Gasteiger partial charge in [-0.15, -0.1) is 10.2 Å². The summed E-state index contributed by atoms with van der Waals surface area (Å²) in [6, 6.07) is 10.6. The second-order valence-corrected chi connectivity index (χ2v) is 8.68. The van der Waals surface area contributed by atoms with E-state index < -0.39 is 5.91 Å². The molecule has 1 N–H and O–H groups in total. The molecule has 0 fully saturated rings. The van der Waals surface area contributed by atoms with E-state index >= 15 is 0 Å². The minimum atomic E-state index is -0.402. The number of hydrogen-bond donors (Lipinski definition) is 1. The molecule has 6 nitrogen and oxygen atoms in total. The Labute approximate surface area is 192 Å². The molecule has 1 aromatic heterocycles. The number of carbonyl (C=O) groups is 1. The molecule has 0 spiro atoms. The molecule has 1 heterocycles. The number of halogens is 3. The summed E-state index contributed by atoms with van der Waals surface area (Å²) in [5.41, 5.74) is 1.10. The first-order valence-electron chi connectivity index (χ1n) is 9.32. The topological polar surface area (TPSA) is 76.2 Å². The molecule has 3 rings (SSSR count). The Morgan fingerprint density at radius 3 is 2.70 bits per heavy atom. The standard InChI is InChI=1S/C21H20BrCl2N3O3/c1-12(2)27-17-7-5-13(22)10-15(17)20(21(27)29)26-25-19(28)4-3-9-30-18-8-6-14(23)11-16(18)24/h5-8,10-12,29H,3-4,9H2,1-2H3. The maximum Gasteiger partial charge on any atom is 0.264 e. The van der Waals surface area contributed by atoms with Crippen LogP contribution in [0.15, 0.2) is 51.1 Å². The summed E-state index contributed by atoms with van der Waals surface area (Å²) in [6.45, 7) is 4.22. The SMILES string of the molecule is CC(C)n1c(O)c(N=NC(=O)CCCOc2ccc(Cl)cc2Cl)c2cc(Br)ccc21. The predicted molar refractivity (Wildman–Crippen MR) is 122 cm³/mol. The van der Waals surface area contributed by atoms with E-state index in [2.05, 4.69) is 26.2 Å². The highest BCUT2D eigenvalue weighted by Crippen LogP contribution is 2.41. The smallest absolute Gasteiger partial charge is 0.264 e. The number of benzene rings is 2. The summed E-state index contributed by atoms with van der Waals surface area (Å²) >= 11 is 15.3. The minimum Gasteiger partial charge on any atom is -0.493 e. The third-order valence-corrected chi connectivity index (χ3v) is 5.40. The van der Waals surface area contributed by atoms with Gasteiger partial charge < -0.3 is 14.4 Å². The van der Waals surface area contributed by atoms with Crippen molar-refractivity contribution < 1.29 is 14.6 Å². The van der Waals surface area contributed by atoms with Crippen molar-refractivity contribution in [2.75, 3.05) is 6.61 Å². The molecule has 158 valence electrons. The van der Waals surface area contributed by atoms with Gasteiger partial charge in [0.2, 0.25) is 5.88 Å². The highest BCUT2D eigenvalue weighted by Gasteiger charge is 2.19. The van der Waals surface area contributed by atoms with Gasteiger partial charge in [0.1, 0.15) is 5.75 Å². The fourth-order valence-corrected chi connectivity index (χ4v) is 3.86. The molecule has 0 bridgehead atoms. The van der Waals surface area contributed by atoms with Gasteiger partial charge in [0.25, 0.3) is 5.91 Å². The van der Waals surface area contributed by atoms with Crippen LogP contribution >= 0.6 is 39.1 Å². The summed E-state index contributed by atoms with van der Waals surface area (Å²) in [5.74, 6) is 0.0862. The molecular formula is C21H20BrCl2N3O3. The number of nitrogens with zero attached hydrogens (tertiary/aromatic N) is 3. The van der Waals surface area contributed by atoms with Gasteiger partial charge in [-0.25, -0.2) is 0 Å². The molecule has 0 radical (unpaired) electrons. The van der Waals surface area contributed by atoms with E-state index in [1.54, 1.807) is 22.8 Å². The summed E-state index contributed by atoms with van der Waals surface area (Å²) < 4.78 is 8.16. The lowest BCUT2D eigenvalue weighted by molar-refractivity contribution is -0.118. The van der Waals surface area contributed by atoms with Crippen molar-refractivity contribution in [3.63, 3.8) is 0 Å². The third-order valence-electron chi connectivity index (χ3n) is 4.38. The zero-order chi connectivity index (χ0) is 21.8. The summed E-state index contributed by atoms with van der Waals surface area (Å²) in [4.78, 5) is 12.1. The van der Waals surface area contributed by atoms with Gasteiger partial charge in [0.15, 0.2) is 5.69 Å². The number of azo groups is 1. The van der Waals surface area contributed by atoms with Gasteiger partial charge in [-0.1, -0.05) is 39.1 Å². The van der Waals surface area contributed by atoms with Crippen molar-refractivity contribution in [1.82, 2.24) is 4.57 Å². The predicted octanol–water partition coefficient (Wildman–Crippen LogP) is 7.47. The van der Waals surface area contributed by atoms with Crippen molar-refractivity contribution >= 4 is 61.6 Å². The summed E-state index contributed by atoms with van der Waals surface area (Å²) in [5, 5.41) is 20.1. The van der Waals surface area contributed by atoms with Crippen molar-refractivity contribution in [2.45, 2.75) is 32.7 Å². The molecule has 9 heteroatoms. The zero-order valence-corrected chi connectivity index (χ0v) is 19.5. The van der Waals surface area contributed by atoms with E-state index in [1.807, 2.05) is 32.0 Å². The van der Waals surface area contributed by atoms with Gasteiger partial charge in [-0.05, 0) is 56.7 Å². The lowest BCUT2D eigenvalue weighted by atomic mass is 10.2. The first-order chi connectivity index (χ1) is 14.3. The maximum atomic E-state index is 12.1. The van der Waals surface area contributed by atoms with Gasteiger partial charge in [-0.3, -0.25) is 4.79 Å². The van der Waals surface area contributed by atoms with Crippen molar-refractivity contribution in [1.29, 1.82) is 0 Å². The molecule has 0 aliphatic heterocycles. The van der Waals surface area contributed by atoms with Crippen LogP contribution in [0.2, 0.25) is 10.0 Å². The molecule has 3 aromatic rings. The monoisotopic (exact) mass is 511 g/mol. The maximum absolute atomic E-state index is 12.1. The van der Waals surface area contributed by atoms with Gasteiger partial charge in [-0.2, -0.15) is 0 Å². The van der Waals surface area contributed by atoms with Crippen LogP contribution in [-0.4, -0.2) is 22.2 Å². The number of ether oxygens (including phenoxy) is 1. The Bertz CT molecular complexity index is 1110. The van der Waals surface area contributed by atoms with E-state index in [4.69, 9.17) is 27.9 Å². The van der Waals surface area contributed by atoms with Crippen LogP contribution in [0.4, 0.5) is 5.69 Å². The van der Waals surface area contributed by atoms with E-state index in [0.29, 0.717) is 34.2 Å². The number of amides is 1. The van der Waals surface area contributed by atoms with E-state index in [9.17, 15) is 9.90 Å². The number of carbonyl (C=O) groups excluding carboxylic acids is 1. The minimum absolute atomic E-state index is 0.0182. The first kappa shape index (κ1) is 22.6. The number of aromatic hydroxyl groups is 1. The fraction of sp³-hybridized carbons (Fsp3) is 0.286. The molecule has 0 unspecified atom stereocenters. The van der Waals surface area contributed by atoms with Crippen LogP contribution in [0.1, 0.15) is 32.7 Å². The van der Waals surface area contributed by atoms with Crippen molar-refractivity contribution in [3.05, 3.63) is 50.9 Å². The second kappa shape index (κ2) is 9.81. The first-order valence-corrected chi connectivity index (χ1v) is 10.9. The van der Waals surface area contributed by atoms with Crippen LogP contribution in [0, 0.1) is 0 Å². The largest absolute Gasteiger partial charge is 0.493 e. The van der Waals surface area contributed by atoms with Crippen molar-refractivity contribution in [2.24, 2.45) is 10.2 Å². The zero-order valence-electron chi connectivity index (χ0n) is 16.4. The summed E-state index contributed by atoms with van der Waals surface area (Å²) in [6.07, 6.45) is 0.601.